The molecule has 0 aliphatic heterocycles. The highest BCUT2D eigenvalue weighted by atomic mass is 28.4. The maximum atomic E-state index is 6.34. The number of hydrogen-bond donors (Lipinski definition) is 0. The van der Waals surface area contributed by atoms with Crippen LogP contribution in [0.2, 0.25) is 19.6 Å². The third-order valence-electron chi connectivity index (χ3n) is 5.64. The fourth-order valence-corrected chi connectivity index (χ4v) is 5.11. The van der Waals surface area contributed by atoms with Crippen molar-refractivity contribution in [2.75, 3.05) is 6.61 Å². The summed E-state index contributed by atoms with van der Waals surface area (Å²) >= 11 is 0. The van der Waals surface area contributed by atoms with Crippen LogP contribution in [0, 0.1) is 11.3 Å². The minimum Gasteiger partial charge on any atom is -0.417 e. The standard InChI is InChI=1S/C17H26OSi/c1-13-10-16(2)15-9-7-6-8-14(15)11-17(13,16)12-18-19(3,4)5/h6-9,13H,10-12H2,1-5H3/t13-,16-,17+/m1/s1. The van der Waals surface area contributed by atoms with E-state index >= 15 is 0 Å². The fraction of sp³-hybridized carbons (Fsp3) is 0.647. The van der Waals surface area contributed by atoms with Crippen molar-refractivity contribution < 1.29 is 4.43 Å². The summed E-state index contributed by atoms with van der Waals surface area (Å²) in [5.41, 5.74) is 3.86. The average Bonchev–Trinajstić information content (AvgIpc) is 2.52. The molecule has 1 aromatic carbocycles. The predicted octanol–water partition coefficient (Wildman–Crippen LogP) is 4.38. The van der Waals surface area contributed by atoms with Crippen molar-refractivity contribution in [3.05, 3.63) is 35.4 Å². The summed E-state index contributed by atoms with van der Waals surface area (Å²) in [5, 5.41) is 0. The number of rotatable bonds is 3. The second-order valence-electron chi connectivity index (χ2n) is 7.83. The summed E-state index contributed by atoms with van der Waals surface area (Å²) in [6.45, 7) is 12.7. The van der Waals surface area contributed by atoms with E-state index in [0.717, 1.165) is 12.5 Å². The minimum atomic E-state index is -1.43. The molecule has 2 aliphatic rings. The van der Waals surface area contributed by atoms with E-state index in [0.29, 0.717) is 10.8 Å². The number of fused-ring (bicyclic) bond motifs is 3. The molecule has 0 amide bonds. The first-order valence-electron chi connectivity index (χ1n) is 7.51. The highest BCUT2D eigenvalue weighted by Gasteiger charge is 2.65. The molecule has 0 radical (unpaired) electrons. The smallest absolute Gasteiger partial charge is 0.183 e. The van der Waals surface area contributed by atoms with Crippen LogP contribution in [0.1, 0.15) is 31.4 Å². The van der Waals surface area contributed by atoms with Gasteiger partial charge in [-0.2, -0.15) is 0 Å². The molecule has 1 aromatic rings. The van der Waals surface area contributed by atoms with Crippen molar-refractivity contribution in [1.29, 1.82) is 0 Å². The zero-order chi connectivity index (χ0) is 13.9. The minimum absolute atomic E-state index is 0.350. The van der Waals surface area contributed by atoms with E-state index < -0.39 is 8.32 Å². The van der Waals surface area contributed by atoms with Gasteiger partial charge in [0.2, 0.25) is 0 Å². The van der Waals surface area contributed by atoms with Crippen LogP contribution >= 0.6 is 0 Å². The van der Waals surface area contributed by atoms with Gasteiger partial charge in [-0.25, -0.2) is 0 Å². The molecule has 1 nitrogen and oxygen atoms in total. The van der Waals surface area contributed by atoms with Crippen molar-refractivity contribution in [3.63, 3.8) is 0 Å². The molecule has 0 spiro atoms. The van der Waals surface area contributed by atoms with Crippen molar-refractivity contribution in [2.24, 2.45) is 11.3 Å². The SMILES string of the molecule is C[C@@H]1C[C@]2(C)c3ccccc3C[C@]12CO[Si](C)(C)C. The molecule has 0 heterocycles. The summed E-state index contributed by atoms with van der Waals surface area (Å²) in [6, 6.07) is 9.05. The Labute approximate surface area is 118 Å². The molecule has 0 saturated heterocycles. The Morgan fingerprint density at radius 2 is 1.95 bits per heavy atom. The fourth-order valence-electron chi connectivity index (χ4n) is 4.42. The van der Waals surface area contributed by atoms with E-state index in [9.17, 15) is 0 Å². The Morgan fingerprint density at radius 3 is 2.58 bits per heavy atom. The van der Waals surface area contributed by atoms with Gasteiger partial charge in [0.25, 0.3) is 0 Å². The molecular formula is C17H26OSi. The molecule has 3 rings (SSSR count). The first-order chi connectivity index (χ1) is 8.79. The van der Waals surface area contributed by atoms with Crippen molar-refractivity contribution in [1.82, 2.24) is 0 Å². The second kappa shape index (κ2) is 3.95. The Kier molecular flexibility index (Phi) is 2.78. The first-order valence-corrected chi connectivity index (χ1v) is 10.9. The summed E-state index contributed by atoms with van der Waals surface area (Å²) in [7, 11) is -1.43. The highest BCUT2D eigenvalue weighted by molar-refractivity contribution is 6.69. The summed E-state index contributed by atoms with van der Waals surface area (Å²) < 4.78 is 6.34. The predicted molar refractivity (Wildman–Crippen MR) is 83.0 cm³/mol. The molecule has 2 heteroatoms. The van der Waals surface area contributed by atoms with Gasteiger partial charge in [-0.1, -0.05) is 38.1 Å². The van der Waals surface area contributed by atoms with E-state index in [-0.39, 0.29) is 0 Å². The molecule has 0 aromatic heterocycles. The molecule has 104 valence electrons. The Hall–Kier alpha value is -0.603. The van der Waals surface area contributed by atoms with Gasteiger partial charge in [0, 0.05) is 17.4 Å². The largest absolute Gasteiger partial charge is 0.417 e. The zero-order valence-corrected chi connectivity index (χ0v) is 13.9. The van der Waals surface area contributed by atoms with Gasteiger partial charge in [-0.3, -0.25) is 0 Å². The van der Waals surface area contributed by atoms with Crippen molar-refractivity contribution in [3.8, 4) is 0 Å². The lowest BCUT2D eigenvalue weighted by molar-refractivity contribution is -0.0844. The molecular weight excluding hydrogens is 248 g/mol. The molecule has 1 fully saturated rings. The average molecular weight is 274 g/mol. The zero-order valence-electron chi connectivity index (χ0n) is 12.9. The maximum Gasteiger partial charge on any atom is 0.183 e. The van der Waals surface area contributed by atoms with Crippen LogP contribution in [0.25, 0.3) is 0 Å². The van der Waals surface area contributed by atoms with Crippen LogP contribution in [0.5, 0.6) is 0 Å². The Balaban J connectivity index is 1.94. The van der Waals surface area contributed by atoms with Gasteiger partial charge in [0.1, 0.15) is 0 Å². The van der Waals surface area contributed by atoms with Crippen molar-refractivity contribution in [2.45, 2.75) is 51.7 Å². The molecule has 1 saturated carbocycles. The monoisotopic (exact) mass is 274 g/mol. The molecule has 0 bridgehead atoms. The summed E-state index contributed by atoms with van der Waals surface area (Å²) in [5.74, 6) is 0.779. The van der Waals surface area contributed by atoms with E-state index in [2.05, 4.69) is 57.8 Å². The third kappa shape index (κ3) is 1.76. The van der Waals surface area contributed by atoms with Crippen LogP contribution < -0.4 is 0 Å². The first kappa shape index (κ1) is 13.4. The summed E-state index contributed by atoms with van der Waals surface area (Å²) in [4.78, 5) is 0. The van der Waals surface area contributed by atoms with E-state index in [1.54, 1.807) is 11.1 Å². The lowest BCUT2D eigenvalue weighted by Crippen LogP contribution is -2.59. The van der Waals surface area contributed by atoms with Crippen LogP contribution in [0.15, 0.2) is 24.3 Å². The molecule has 0 N–H and O–H groups in total. The maximum absolute atomic E-state index is 6.34. The van der Waals surface area contributed by atoms with Crippen LogP contribution in [0.3, 0.4) is 0 Å². The molecule has 2 aliphatic carbocycles. The number of benzene rings is 1. The van der Waals surface area contributed by atoms with Crippen LogP contribution in [-0.4, -0.2) is 14.9 Å². The Bertz CT molecular complexity index is 504. The van der Waals surface area contributed by atoms with Gasteiger partial charge in [-0.05, 0) is 49.5 Å². The highest BCUT2D eigenvalue weighted by Crippen LogP contribution is 2.67. The van der Waals surface area contributed by atoms with Crippen LogP contribution in [-0.2, 0) is 16.3 Å². The molecule has 0 unspecified atom stereocenters. The lowest BCUT2D eigenvalue weighted by Gasteiger charge is -2.60. The third-order valence-corrected chi connectivity index (χ3v) is 6.65. The second-order valence-corrected chi connectivity index (χ2v) is 12.3. The topological polar surface area (TPSA) is 9.23 Å². The van der Waals surface area contributed by atoms with E-state index in [4.69, 9.17) is 4.43 Å². The van der Waals surface area contributed by atoms with Gasteiger partial charge in [-0.15, -0.1) is 0 Å². The van der Waals surface area contributed by atoms with Gasteiger partial charge >= 0.3 is 0 Å². The van der Waals surface area contributed by atoms with Crippen molar-refractivity contribution >= 4 is 8.32 Å². The van der Waals surface area contributed by atoms with Gasteiger partial charge in [0.05, 0.1) is 0 Å². The molecule has 19 heavy (non-hydrogen) atoms. The van der Waals surface area contributed by atoms with Crippen LogP contribution in [0.4, 0.5) is 0 Å². The van der Waals surface area contributed by atoms with E-state index in [1.807, 2.05) is 0 Å². The van der Waals surface area contributed by atoms with Gasteiger partial charge in [0.15, 0.2) is 8.32 Å². The van der Waals surface area contributed by atoms with E-state index in [1.165, 1.54) is 12.8 Å². The summed E-state index contributed by atoms with van der Waals surface area (Å²) in [6.07, 6.45) is 2.53. The molecule has 3 atom stereocenters. The lowest BCUT2D eigenvalue weighted by atomic mass is 9.45. The Morgan fingerprint density at radius 1 is 1.26 bits per heavy atom. The number of hydrogen-bond acceptors (Lipinski definition) is 1. The quantitative estimate of drug-likeness (QED) is 0.743. The normalized spacial score (nSPS) is 36.6. The van der Waals surface area contributed by atoms with Gasteiger partial charge < -0.3 is 4.43 Å².